The molecule has 0 spiro atoms. The van der Waals surface area contributed by atoms with Crippen LogP contribution in [0.5, 0.6) is 0 Å². The van der Waals surface area contributed by atoms with Crippen molar-refractivity contribution in [1.29, 1.82) is 0 Å². The van der Waals surface area contributed by atoms with Crippen molar-refractivity contribution in [3.8, 4) is 0 Å². The Bertz CT molecular complexity index is 1480. The summed E-state index contributed by atoms with van der Waals surface area (Å²) in [4.78, 5) is 40.8. The number of fused-ring (bicyclic) bond motifs is 2. The van der Waals surface area contributed by atoms with E-state index in [1.807, 2.05) is 72.7 Å². The number of H-pyrrole nitrogens is 1. The molecule has 2 N–H and O–H groups in total. The van der Waals surface area contributed by atoms with Gasteiger partial charge in [0.1, 0.15) is 0 Å². The van der Waals surface area contributed by atoms with E-state index >= 15 is 0 Å². The number of likely N-dealkylation sites (N-methyl/N-ethyl adjacent to an activating group) is 1. The van der Waals surface area contributed by atoms with Gasteiger partial charge in [0.15, 0.2) is 0 Å². The monoisotopic (exact) mass is 522 g/mol. The van der Waals surface area contributed by atoms with E-state index in [4.69, 9.17) is 0 Å². The first-order chi connectivity index (χ1) is 19.1. The number of hydrogen-bond donors (Lipinski definition) is 2. The van der Waals surface area contributed by atoms with Crippen molar-refractivity contribution in [3.05, 3.63) is 90.0 Å². The van der Waals surface area contributed by atoms with Crippen molar-refractivity contribution < 1.29 is 9.59 Å². The number of carbonyl (C=O) groups is 2. The number of aromatic nitrogens is 2. The molecule has 1 aromatic heterocycles. The number of nitrogens with zero attached hydrogens (tertiary/aromatic N) is 4. The molecule has 3 aromatic carbocycles. The molecule has 1 fully saturated rings. The Morgan fingerprint density at radius 3 is 2.74 bits per heavy atom. The van der Waals surface area contributed by atoms with Gasteiger partial charge in [-0.05, 0) is 61.0 Å². The summed E-state index contributed by atoms with van der Waals surface area (Å²) in [5.41, 5.74) is 4.48. The van der Waals surface area contributed by atoms with Crippen LogP contribution in [-0.4, -0.2) is 64.3 Å². The standard InChI is InChI=1S/C31H34N6O2/c1-35-14-5-4-11-28(35)30(38)34-24-13-12-23-19-37(16-15-36(29(23)17-24)20-25-18-32-21-33-25)31(39)27-10-6-8-22-7-2-3-9-26(22)27/h2-3,6-10,12-13,17-18,21,28H,4-5,11,14-16,19-20H2,1H3,(H,32,33)(H,34,38). The highest BCUT2D eigenvalue weighted by Gasteiger charge is 2.28. The molecule has 3 heterocycles. The molecule has 2 aliphatic heterocycles. The van der Waals surface area contributed by atoms with Gasteiger partial charge in [0.05, 0.1) is 24.6 Å². The van der Waals surface area contributed by atoms with Gasteiger partial charge in [0.2, 0.25) is 5.91 Å². The summed E-state index contributed by atoms with van der Waals surface area (Å²) >= 11 is 0. The molecule has 1 saturated heterocycles. The Balaban J connectivity index is 1.29. The summed E-state index contributed by atoms with van der Waals surface area (Å²) in [7, 11) is 2.02. The number of hydrogen-bond acceptors (Lipinski definition) is 5. The van der Waals surface area contributed by atoms with Crippen LogP contribution in [0.3, 0.4) is 0 Å². The van der Waals surface area contributed by atoms with Gasteiger partial charge < -0.3 is 20.1 Å². The largest absolute Gasteiger partial charge is 0.363 e. The van der Waals surface area contributed by atoms with Crippen molar-refractivity contribution >= 4 is 34.0 Å². The molecule has 0 radical (unpaired) electrons. The van der Waals surface area contributed by atoms with Crippen LogP contribution >= 0.6 is 0 Å². The SMILES string of the molecule is CN1CCCCC1C(=O)Nc1ccc2c(c1)N(Cc1c[nH]cn1)CCN(C(=O)c1cccc3ccccc13)C2. The summed E-state index contributed by atoms with van der Waals surface area (Å²) in [5, 5.41) is 5.19. The summed E-state index contributed by atoms with van der Waals surface area (Å²) in [6.45, 7) is 3.28. The molecule has 0 bridgehead atoms. The fraction of sp³-hybridized carbons (Fsp3) is 0.323. The maximum absolute atomic E-state index is 13.8. The highest BCUT2D eigenvalue weighted by molar-refractivity contribution is 6.07. The maximum atomic E-state index is 13.8. The Kier molecular flexibility index (Phi) is 7.02. The molecule has 8 nitrogen and oxygen atoms in total. The minimum absolute atomic E-state index is 0.0251. The topological polar surface area (TPSA) is 84.6 Å². The van der Waals surface area contributed by atoms with Gasteiger partial charge >= 0.3 is 0 Å². The average Bonchev–Trinajstić information content (AvgIpc) is 3.41. The minimum atomic E-state index is -0.105. The van der Waals surface area contributed by atoms with E-state index in [-0.39, 0.29) is 17.9 Å². The van der Waals surface area contributed by atoms with Crippen molar-refractivity contribution in [3.63, 3.8) is 0 Å². The fourth-order valence-electron chi connectivity index (χ4n) is 5.84. The van der Waals surface area contributed by atoms with Crippen molar-refractivity contribution in [1.82, 2.24) is 19.8 Å². The number of amides is 2. The molecule has 1 atom stereocenters. The molecular formula is C31H34N6O2. The molecule has 39 heavy (non-hydrogen) atoms. The first-order valence-electron chi connectivity index (χ1n) is 13.7. The van der Waals surface area contributed by atoms with E-state index in [0.717, 1.165) is 64.8 Å². The number of imidazole rings is 1. The van der Waals surface area contributed by atoms with Crippen LogP contribution in [0.1, 0.15) is 40.9 Å². The Morgan fingerprint density at radius 1 is 1.03 bits per heavy atom. The third-order valence-electron chi connectivity index (χ3n) is 7.98. The quantitative estimate of drug-likeness (QED) is 0.399. The molecule has 1 unspecified atom stereocenters. The van der Waals surface area contributed by atoms with Crippen LogP contribution in [0.25, 0.3) is 10.8 Å². The number of carbonyl (C=O) groups excluding carboxylic acids is 2. The molecular weight excluding hydrogens is 488 g/mol. The van der Waals surface area contributed by atoms with Gasteiger partial charge in [0, 0.05) is 42.8 Å². The lowest BCUT2D eigenvalue weighted by atomic mass is 10.0. The average molecular weight is 523 g/mol. The number of piperidine rings is 1. The first kappa shape index (κ1) is 25.1. The highest BCUT2D eigenvalue weighted by atomic mass is 16.2. The number of rotatable bonds is 5. The number of nitrogens with one attached hydrogen (secondary N) is 2. The van der Waals surface area contributed by atoms with Crippen LogP contribution < -0.4 is 10.2 Å². The van der Waals surface area contributed by atoms with E-state index in [0.29, 0.717) is 26.2 Å². The fourth-order valence-corrected chi connectivity index (χ4v) is 5.84. The molecule has 200 valence electrons. The lowest BCUT2D eigenvalue weighted by Crippen LogP contribution is -2.44. The zero-order valence-corrected chi connectivity index (χ0v) is 22.3. The molecule has 8 heteroatoms. The normalized spacial score (nSPS) is 18.0. The Labute approximate surface area is 228 Å². The van der Waals surface area contributed by atoms with Crippen LogP contribution in [-0.2, 0) is 17.9 Å². The molecule has 2 aliphatic rings. The van der Waals surface area contributed by atoms with Gasteiger partial charge in [-0.1, -0.05) is 48.9 Å². The predicted octanol–water partition coefficient (Wildman–Crippen LogP) is 4.65. The third kappa shape index (κ3) is 5.25. The van der Waals surface area contributed by atoms with Gasteiger partial charge in [0.25, 0.3) is 5.91 Å². The van der Waals surface area contributed by atoms with E-state index in [1.165, 1.54) is 0 Å². The van der Waals surface area contributed by atoms with Crippen LogP contribution in [0.4, 0.5) is 11.4 Å². The van der Waals surface area contributed by atoms with Gasteiger partial charge in [-0.25, -0.2) is 4.98 Å². The second kappa shape index (κ2) is 10.9. The van der Waals surface area contributed by atoms with Gasteiger partial charge in [-0.2, -0.15) is 0 Å². The second-order valence-electron chi connectivity index (χ2n) is 10.6. The smallest absolute Gasteiger partial charge is 0.254 e. The van der Waals surface area contributed by atoms with E-state index in [9.17, 15) is 9.59 Å². The lowest BCUT2D eigenvalue weighted by Gasteiger charge is -2.31. The zero-order chi connectivity index (χ0) is 26.8. The summed E-state index contributed by atoms with van der Waals surface area (Å²) in [5.74, 6) is 0.0643. The molecule has 6 rings (SSSR count). The van der Waals surface area contributed by atoms with Crippen LogP contribution in [0.2, 0.25) is 0 Å². The van der Waals surface area contributed by atoms with E-state index in [2.05, 4.69) is 31.2 Å². The van der Waals surface area contributed by atoms with Crippen molar-refractivity contribution in [2.45, 2.75) is 38.4 Å². The highest BCUT2D eigenvalue weighted by Crippen LogP contribution is 2.31. The molecule has 0 aliphatic carbocycles. The molecule has 2 amide bonds. The van der Waals surface area contributed by atoms with E-state index in [1.54, 1.807) is 6.33 Å². The van der Waals surface area contributed by atoms with Gasteiger partial charge in [-0.3, -0.25) is 14.5 Å². The van der Waals surface area contributed by atoms with Gasteiger partial charge in [-0.15, -0.1) is 0 Å². The zero-order valence-electron chi connectivity index (χ0n) is 22.3. The summed E-state index contributed by atoms with van der Waals surface area (Å²) in [6, 6.07) is 19.9. The van der Waals surface area contributed by atoms with Crippen LogP contribution in [0.15, 0.2) is 73.2 Å². The number of benzene rings is 3. The summed E-state index contributed by atoms with van der Waals surface area (Å²) in [6.07, 6.45) is 6.67. The van der Waals surface area contributed by atoms with Crippen molar-refractivity contribution in [2.75, 3.05) is 36.9 Å². The van der Waals surface area contributed by atoms with E-state index < -0.39 is 0 Å². The third-order valence-corrected chi connectivity index (χ3v) is 7.98. The van der Waals surface area contributed by atoms with Crippen LogP contribution in [0, 0.1) is 0 Å². The Morgan fingerprint density at radius 2 is 1.90 bits per heavy atom. The second-order valence-corrected chi connectivity index (χ2v) is 10.6. The summed E-state index contributed by atoms with van der Waals surface area (Å²) < 4.78 is 0. The molecule has 4 aromatic rings. The number of aromatic amines is 1. The lowest BCUT2D eigenvalue weighted by molar-refractivity contribution is -0.121. The predicted molar refractivity (Wildman–Crippen MR) is 154 cm³/mol. The number of likely N-dealkylation sites (tertiary alicyclic amines) is 1. The Hall–Kier alpha value is -4.17. The van der Waals surface area contributed by atoms with Crippen molar-refractivity contribution in [2.24, 2.45) is 0 Å². The minimum Gasteiger partial charge on any atom is -0.363 e. The maximum Gasteiger partial charge on any atom is 0.254 e. The number of anilines is 2. The first-order valence-corrected chi connectivity index (χ1v) is 13.7. The molecule has 0 saturated carbocycles.